The number of halogens is 1. The molecule has 1 aromatic carbocycles. The van der Waals surface area contributed by atoms with Gasteiger partial charge in [0, 0.05) is 18.7 Å². The number of benzene rings is 1. The average Bonchev–Trinajstić information content (AvgIpc) is 2.64. The highest BCUT2D eigenvalue weighted by molar-refractivity contribution is 5.95. The summed E-state index contributed by atoms with van der Waals surface area (Å²) < 4.78 is 0. The number of amides is 2. The van der Waals surface area contributed by atoms with Gasteiger partial charge in [0.25, 0.3) is 0 Å². The molecule has 4 saturated carbocycles. The first-order valence-corrected chi connectivity index (χ1v) is 10.9. The Labute approximate surface area is 180 Å². The smallest absolute Gasteiger partial charge is 0.243 e. The van der Waals surface area contributed by atoms with Crippen LogP contribution in [0.1, 0.15) is 57.4 Å². The van der Waals surface area contributed by atoms with Crippen molar-refractivity contribution in [2.45, 2.75) is 58.4 Å². The van der Waals surface area contributed by atoms with Crippen LogP contribution in [0.3, 0.4) is 0 Å². The number of carbonyl (C=O) groups is 2. The van der Waals surface area contributed by atoms with Crippen LogP contribution >= 0.6 is 12.4 Å². The molecular weight excluding hydrogens is 386 g/mol. The monoisotopic (exact) mass is 419 g/mol. The Morgan fingerprint density at radius 2 is 1.62 bits per heavy atom. The van der Waals surface area contributed by atoms with Gasteiger partial charge in [0.15, 0.2) is 0 Å². The van der Waals surface area contributed by atoms with Crippen LogP contribution in [-0.4, -0.2) is 24.9 Å². The third-order valence-corrected chi connectivity index (χ3v) is 7.00. The highest BCUT2D eigenvalue weighted by Gasteiger charge is 2.51. The zero-order chi connectivity index (χ0) is 19.6. The van der Waals surface area contributed by atoms with Crippen molar-refractivity contribution in [3.05, 3.63) is 29.8 Å². The molecule has 0 radical (unpaired) electrons. The number of rotatable bonds is 8. The van der Waals surface area contributed by atoms with E-state index >= 15 is 0 Å². The molecule has 0 heterocycles. The summed E-state index contributed by atoms with van der Waals surface area (Å²) in [6.07, 6.45) is 8.41. The molecule has 0 saturated heterocycles. The van der Waals surface area contributed by atoms with Gasteiger partial charge in [-0.05, 0) is 79.9 Å². The number of hydrogen-bond donors (Lipinski definition) is 3. The van der Waals surface area contributed by atoms with Crippen LogP contribution in [0.15, 0.2) is 24.3 Å². The van der Waals surface area contributed by atoms with Crippen molar-refractivity contribution in [2.24, 2.45) is 23.2 Å². The summed E-state index contributed by atoms with van der Waals surface area (Å²) in [6, 6.07) is 7.79. The topological polar surface area (TPSA) is 70.2 Å². The molecule has 4 aliphatic rings. The second-order valence-corrected chi connectivity index (χ2v) is 9.36. The van der Waals surface area contributed by atoms with Gasteiger partial charge < -0.3 is 16.0 Å². The minimum Gasteiger partial charge on any atom is -0.347 e. The first-order valence-electron chi connectivity index (χ1n) is 10.9. The van der Waals surface area contributed by atoms with Crippen LogP contribution < -0.4 is 16.0 Å². The van der Waals surface area contributed by atoms with Crippen molar-refractivity contribution in [1.29, 1.82) is 0 Å². The molecule has 0 aliphatic heterocycles. The Bertz CT molecular complexity index is 701. The van der Waals surface area contributed by atoms with Crippen LogP contribution in [-0.2, 0) is 16.1 Å². The van der Waals surface area contributed by atoms with Gasteiger partial charge >= 0.3 is 0 Å². The maximum atomic E-state index is 12.6. The summed E-state index contributed by atoms with van der Waals surface area (Å²) in [5.74, 6) is 2.41. The number of nitrogens with one attached hydrogen (secondary N) is 3. The average molecular weight is 420 g/mol. The van der Waals surface area contributed by atoms with Gasteiger partial charge in [0.05, 0.1) is 6.54 Å². The highest BCUT2D eigenvalue weighted by atomic mass is 35.5. The van der Waals surface area contributed by atoms with E-state index in [1.54, 1.807) is 0 Å². The van der Waals surface area contributed by atoms with Crippen molar-refractivity contribution in [3.63, 3.8) is 0 Å². The van der Waals surface area contributed by atoms with Gasteiger partial charge in [-0.15, -0.1) is 12.4 Å². The normalized spacial score (nSPS) is 29.2. The van der Waals surface area contributed by atoms with E-state index in [0.29, 0.717) is 13.0 Å². The summed E-state index contributed by atoms with van der Waals surface area (Å²) in [6.45, 7) is 3.69. The van der Waals surface area contributed by atoms with Crippen LogP contribution in [0.4, 0.5) is 5.69 Å². The summed E-state index contributed by atoms with van der Waals surface area (Å²) in [7, 11) is 0. The van der Waals surface area contributed by atoms with E-state index in [1.165, 1.54) is 38.5 Å². The van der Waals surface area contributed by atoms with Crippen molar-refractivity contribution in [2.75, 3.05) is 18.4 Å². The number of para-hydroxylation sites is 1. The molecule has 1 aromatic rings. The highest BCUT2D eigenvalue weighted by Crippen LogP contribution is 2.61. The lowest BCUT2D eigenvalue weighted by Crippen LogP contribution is -2.48. The second-order valence-electron chi connectivity index (χ2n) is 9.36. The fraction of sp³-hybridized carbons (Fsp3) is 0.652. The second kappa shape index (κ2) is 9.48. The first-order chi connectivity index (χ1) is 13.5. The molecule has 5 nitrogen and oxygen atoms in total. The number of hydrogen-bond acceptors (Lipinski definition) is 3. The van der Waals surface area contributed by atoms with Crippen LogP contribution in [0.2, 0.25) is 0 Å². The maximum absolute atomic E-state index is 12.6. The van der Waals surface area contributed by atoms with Gasteiger partial charge in [-0.2, -0.15) is 0 Å². The predicted molar refractivity (Wildman–Crippen MR) is 118 cm³/mol. The summed E-state index contributed by atoms with van der Waals surface area (Å²) in [4.78, 5) is 25.0. The Morgan fingerprint density at radius 3 is 2.24 bits per heavy atom. The van der Waals surface area contributed by atoms with E-state index in [1.807, 2.05) is 24.3 Å². The van der Waals surface area contributed by atoms with Crippen molar-refractivity contribution in [1.82, 2.24) is 10.6 Å². The van der Waals surface area contributed by atoms with Crippen molar-refractivity contribution >= 4 is 29.9 Å². The van der Waals surface area contributed by atoms with Crippen molar-refractivity contribution in [3.8, 4) is 0 Å². The number of carbonyl (C=O) groups excluding carboxylic acids is 2. The summed E-state index contributed by atoms with van der Waals surface area (Å²) in [5.41, 5.74) is 2.08. The Morgan fingerprint density at radius 1 is 1.00 bits per heavy atom. The maximum Gasteiger partial charge on any atom is 0.243 e. The molecule has 3 N–H and O–H groups in total. The molecule has 0 aromatic heterocycles. The molecule has 4 bridgehead atoms. The van der Waals surface area contributed by atoms with Gasteiger partial charge in [0.2, 0.25) is 11.8 Å². The van der Waals surface area contributed by atoms with Gasteiger partial charge in [-0.1, -0.05) is 25.1 Å². The fourth-order valence-corrected chi connectivity index (χ4v) is 6.34. The van der Waals surface area contributed by atoms with E-state index in [0.717, 1.165) is 35.5 Å². The fourth-order valence-electron chi connectivity index (χ4n) is 6.34. The summed E-state index contributed by atoms with van der Waals surface area (Å²) in [5, 5.41) is 9.09. The van der Waals surface area contributed by atoms with E-state index in [-0.39, 0.29) is 36.2 Å². The first kappa shape index (κ1) is 22.1. The summed E-state index contributed by atoms with van der Waals surface area (Å²) >= 11 is 0. The SMILES string of the molecule is CCNCc1ccccc1NC(=O)CNC(=O)CC12CC3CC(CC(C3)C1)C2.Cl. The molecule has 160 valence electrons. The molecule has 2 amide bonds. The molecule has 29 heavy (non-hydrogen) atoms. The molecular formula is C23H34ClN3O2. The lowest BCUT2D eigenvalue weighted by Gasteiger charge is -2.56. The molecule has 4 fully saturated rings. The zero-order valence-electron chi connectivity index (χ0n) is 17.3. The molecule has 4 aliphatic carbocycles. The van der Waals surface area contributed by atoms with Crippen molar-refractivity contribution < 1.29 is 9.59 Å². The molecule has 0 atom stereocenters. The number of anilines is 1. The molecule has 0 unspecified atom stereocenters. The standard InChI is InChI=1S/C23H33N3O2.ClH/c1-2-24-14-19-5-3-4-6-20(19)26-22(28)15-25-21(27)13-23-10-16-7-17(11-23)9-18(8-16)12-23;/h3-6,16-18,24H,2,7-15H2,1H3,(H,25,27)(H,26,28);1H. The quantitative estimate of drug-likeness (QED) is 0.598. The van der Waals surface area contributed by atoms with E-state index in [9.17, 15) is 9.59 Å². The lowest BCUT2D eigenvalue weighted by atomic mass is 9.49. The van der Waals surface area contributed by atoms with Crippen LogP contribution in [0.25, 0.3) is 0 Å². The lowest BCUT2D eigenvalue weighted by molar-refractivity contribution is -0.131. The largest absolute Gasteiger partial charge is 0.347 e. The Hall–Kier alpha value is -1.59. The van der Waals surface area contributed by atoms with E-state index in [4.69, 9.17) is 0 Å². The van der Waals surface area contributed by atoms with Gasteiger partial charge in [-0.25, -0.2) is 0 Å². The Kier molecular flexibility index (Phi) is 7.23. The van der Waals surface area contributed by atoms with Crippen LogP contribution in [0.5, 0.6) is 0 Å². The molecule has 5 rings (SSSR count). The third-order valence-electron chi connectivity index (χ3n) is 7.00. The van der Waals surface area contributed by atoms with E-state index in [2.05, 4.69) is 22.9 Å². The van der Waals surface area contributed by atoms with E-state index < -0.39 is 0 Å². The minimum absolute atomic E-state index is 0. The van der Waals surface area contributed by atoms with Gasteiger partial charge in [0.1, 0.15) is 0 Å². The zero-order valence-corrected chi connectivity index (χ0v) is 18.2. The molecule has 0 spiro atoms. The van der Waals surface area contributed by atoms with Gasteiger partial charge in [-0.3, -0.25) is 9.59 Å². The molecule has 6 heteroatoms. The minimum atomic E-state index is -0.164. The Balaban J connectivity index is 0.00000240. The van der Waals surface area contributed by atoms with Crippen LogP contribution in [0, 0.1) is 23.2 Å². The predicted octanol–water partition coefficient (Wildman–Crippen LogP) is 3.88. The third kappa shape index (κ3) is 5.32.